The summed E-state index contributed by atoms with van der Waals surface area (Å²) in [6.45, 7) is 3.79. The zero-order valence-electron chi connectivity index (χ0n) is 13.9. The lowest BCUT2D eigenvalue weighted by molar-refractivity contribution is -0.113. The Morgan fingerprint density at radius 2 is 2.15 bits per heavy atom. The molecule has 2 heterocycles. The molecule has 3 rings (SSSR count). The minimum absolute atomic E-state index is 0.0820. The van der Waals surface area contributed by atoms with Crippen LogP contribution in [0.5, 0.6) is 0 Å². The van der Waals surface area contributed by atoms with E-state index in [-0.39, 0.29) is 18.1 Å². The Morgan fingerprint density at radius 1 is 1.35 bits per heavy atom. The van der Waals surface area contributed by atoms with Crippen molar-refractivity contribution in [3.05, 3.63) is 54.5 Å². The number of methoxy groups -OCH3 is 1. The molecule has 0 fully saturated rings. The Bertz CT molecular complexity index is 1010. The third-order valence-corrected chi connectivity index (χ3v) is 3.73. The van der Waals surface area contributed by atoms with Gasteiger partial charge in [-0.15, -0.1) is 0 Å². The number of rotatable bonds is 6. The quantitative estimate of drug-likeness (QED) is 0.587. The number of aromatic amines is 1. The van der Waals surface area contributed by atoms with Gasteiger partial charge in [-0.05, 0) is 12.1 Å². The predicted octanol–water partition coefficient (Wildman–Crippen LogP) is 2.46. The van der Waals surface area contributed by atoms with Gasteiger partial charge in [0.05, 0.1) is 23.3 Å². The van der Waals surface area contributed by atoms with E-state index < -0.39 is 5.97 Å². The number of fused-ring (bicyclic) bond motifs is 1. The van der Waals surface area contributed by atoms with E-state index in [1.54, 1.807) is 24.3 Å². The molecule has 0 aliphatic carbocycles. The number of carboxylic acids is 1. The Morgan fingerprint density at radius 3 is 2.88 bits per heavy atom. The van der Waals surface area contributed by atoms with E-state index in [0.717, 1.165) is 0 Å². The molecule has 132 valence electrons. The Balaban J connectivity index is 2.00. The number of nitrogens with zero attached hydrogens (tertiary/aromatic N) is 2. The number of aromatic carboxylic acids is 1. The monoisotopic (exact) mass is 352 g/mol. The molecule has 0 atom stereocenters. The molecular weight excluding hydrogens is 336 g/mol. The van der Waals surface area contributed by atoms with E-state index in [0.29, 0.717) is 33.6 Å². The first kappa shape index (κ1) is 17.3. The fourth-order valence-corrected chi connectivity index (χ4v) is 2.55. The molecule has 0 unspecified atom stereocenters. The first-order valence-electron chi connectivity index (χ1n) is 7.65. The van der Waals surface area contributed by atoms with Crippen LogP contribution in [0.4, 0.5) is 5.69 Å². The maximum absolute atomic E-state index is 12.1. The van der Waals surface area contributed by atoms with Crippen molar-refractivity contribution in [2.75, 3.05) is 19.0 Å². The van der Waals surface area contributed by atoms with Crippen LogP contribution in [0, 0.1) is 0 Å². The molecule has 26 heavy (non-hydrogen) atoms. The third-order valence-electron chi connectivity index (χ3n) is 3.73. The highest BCUT2D eigenvalue weighted by atomic mass is 16.5. The zero-order valence-corrected chi connectivity index (χ0v) is 13.9. The molecule has 1 aromatic carbocycles. The summed E-state index contributed by atoms with van der Waals surface area (Å²) in [6, 6.07) is 6.94. The number of H-pyrrole nitrogens is 1. The molecule has 0 spiro atoms. The molecule has 0 bridgehead atoms. The van der Waals surface area contributed by atoms with E-state index in [4.69, 9.17) is 4.74 Å². The number of nitrogens with one attached hydrogen (secondary N) is 2. The molecule has 3 N–H and O–H groups in total. The number of ether oxygens (including phenoxy) is 1. The molecule has 2 aromatic heterocycles. The van der Waals surface area contributed by atoms with Crippen molar-refractivity contribution in [1.29, 1.82) is 0 Å². The largest absolute Gasteiger partial charge is 0.478 e. The van der Waals surface area contributed by atoms with E-state index in [1.807, 2.05) is 0 Å². The topological polar surface area (TPSA) is 117 Å². The van der Waals surface area contributed by atoms with Gasteiger partial charge in [-0.1, -0.05) is 18.7 Å². The summed E-state index contributed by atoms with van der Waals surface area (Å²) >= 11 is 0. The number of carbonyl (C=O) groups excluding carboxylic acids is 1. The molecule has 0 saturated heterocycles. The van der Waals surface area contributed by atoms with Crippen molar-refractivity contribution in [3.8, 4) is 11.3 Å². The number of aromatic nitrogens is 3. The normalized spacial score (nSPS) is 10.7. The second-order valence-corrected chi connectivity index (χ2v) is 5.52. The number of amides is 1. The molecule has 0 radical (unpaired) electrons. The molecule has 8 heteroatoms. The average Bonchev–Trinajstić information content (AvgIpc) is 3.06. The van der Waals surface area contributed by atoms with Gasteiger partial charge in [-0.3, -0.25) is 4.79 Å². The molecule has 3 aromatic rings. The molecule has 1 amide bonds. The van der Waals surface area contributed by atoms with Crippen LogP contribution in [0.1, 0.15) is 10.4 Å². The first-order chi connectivity index (χ1) is 12.5. The molecule has 0 aliphatic rings. The maximum Gasteiger partial charge on any atom is 0.338 e. The Labute approximate surface area is 148 Å². The predicted molar refractivity (Wildman–Crippen MR) is 95.9 cm³/mol. The van der Waals surface area contributed by atoms with Crippen LogP contribution in [0.15, 0.2) is 48.9 Å². The average molecular weight is 352 g/mol. The van der Waals surface area contributed by atoms with E-state index in [9.17, 15) is 14.7 Å². The van der Waals surface area contributed by atoms with Gasteiger partial charge in [0.1, 0.15) is 12.0 Å². The summed E-state index contributed by atoms with van der Waals surface area (Å²) in [5.41, 5.74) is 2.44. The highest BCUT2D eigenvalue weighted by Crippen LogP contribution is 2.29. The van der Waals surface area contributed by atoms with Crippen molar-refractivity contribution >= 4 is 28.6 Å². The van der Waals surface area contributed by atoms with Crippen LogP contribution >= 0.6 is 0 Å². The van der Waals surface area contributed by atoms with Gasteiger partial charge in [0.15, 0.2) is 0 Å². The number of benzene rings is 1. The summed E-state index contributed by atoms with van der Waals surface area (Å²) in [7, 11) is 1.48. The molecular formula is C18H16N4O4. The van der Waals surface area contributed by atoms with Crippen molar-refractivity contribution in [2.24, 2.45) is 0 Å². The van der Waals surface area contributed by atoms with Crippen LogP contribution < -0.4 is 5.32 Å². The lowest BCUT2D eigenvalue weighted by Gasteiger charge is -2.09. The summed E-state index contributed by atoms with van der Waals surface area (Å²) in [6.07, 6.45) is 2.73. The van der Waals surface area contributed by atoms with Gasteiger partial charge < -0.3 is 20.1 Å². The van der Waals surface area contributed by atoms with E-state index in [1.165, 1.54) is 19.6 Å². The van der Waals surface area contributed by atoms with Crippen molar-refractivity contribution in [1.82, 2.24) is 15.0 Å². The van der Waals surface area contributed by atoms with Gasteiger partial charge in [0, 0.05) is 30.1 Å². The van der Waals surface area contributed by atoms with Crippen LogP contribution in [0.3, 0.4) is 0 Å². The molecule has 0 aliphatic heterocycles. The highest BCUT2D eigenvalue weighted by Gasteiger charge is 2.17. The van der Waals surface area contributed by atoms with E-state index in [2.05, 4.69) is 26.8 Å². The van der Waals surface area contributed by atoms with Gasteiger partial charge in [-0.25, -0.2) is 14.8 Å². The van der Waals surface area contributed by atoms with Crippen molar-refractivity contribution in [2.45, 2.75) is 0 Å². The number of hydrogen-bond donors (Lipinski definition) is 3. The van der Waals surface area contributed by atoms with Crippen LogP contribution in [0.25, 0.3) is 22.3 Å². The standard InChI is InChI=1S/C18H16N4O4/c1-10(8-26-2)17(23)22-12-5-3-4-11(6-12)15-14-13(18(24)25)7-19-16(14)21-9-20-15/h3-7,9H,1,8H2,2H3,(H,22,23)(H,24,25)(H,19,20,21). The minimum atomic E-state index is -1.08. The first-order valence-corrected chi connectivity index (χ1v) is 7.65. The second kappa shape index (κ2) is 7.16. The smallest absolute Gasteiger partial charge is 0.338 e. The van der Waals surface area contributed by atoms with Crippen molar-refractivity contribution in [3.63, 3.8) is 0 Å². The summed E-state index contributed by atoms with van der Waals surface area (Å²) in [5.74, 6) is -1.43. The second-order valence-electron chi connectivity index (χ2n) is 5.52. The SMILES string of the molecule is C=C(COC)C(=O)Nc1cccc(-c2ncnc3[nH]cc(C(=O)O)c23)c1. The summed E-state index contributed by atoms with van der Waals surface area (Å²) in [4.78, 5) is 34.6. The zero-order chi connectivity index (χ0) is 18.7. The third kappa shape index (κ3) is 3.31. The minimum Gasteiger partial charge on any atom is -0.478 e. The Hall–Kier alpha value is -3.52. The van der Waals surface area contributed by atoms with Crippen LogP contribution in [-0.2, 0) is 9.53 Å². The number of carboxylic acid groups (broad SMARTS) is 1. The van der Waals surface area contributed by atoms with Crippen molar-refractivity contribution < 1.29 is 19.4 Å². The van der Waals surface area contributed by atoms with Crippen LogP contribution in [0.2, 0.25) is 0 Å². The van der Waals surface area contributed by atoms with Crippen LogP contribution in [-0.4, -0.2) is 45.7 Å². The van der Waals surface area contributed by atoms with Gasteiger partial charge in [0.2, 0.25) is 0 Å². The summed E-state index contributed by atoms with van der Waals surface area (Å²) in [5, 5.41) is 12.5. The fraction of sp³-hybridized carbons (Fsp3) is 0.111. The fourth-order valence-electron chi connectivity index (χ4n) is 2.55. The van der Waals surface area contributed by atoms with Gasteiger partial charge in [0.25, 0.3) is 5.91 Å². The number of anilines is 1. The molecule has 8 nitrogen and oxygen atoms in total. The lowest BCUT2D eigenvalue weighted by Crippen LogP contribution is -2.16. The van der Waals surface area contributed by atoms with E-state index >= 15 is 0 Å². The highest BCUT2D eigenvalue weighted by molar-refractivity contribution is 6.08. The number of carbonyl (C=O) groups is 2. The Kier molecular flexibility index (Phi) is 4.76. The molecule has 0 saturated carbocycles. The lowest BCUT2D eigenvalue weighted by atomic mass is 10.1. The summed E-state index contributed by atoms with van der Waals surface area (Å²) < 4.78 is 4.89. The number of hydrogen-bond acceptors (Lipinski definition) is 5. The maximum atomic E-state index is 12.1. The van der Waals surface area contributed by atoms with Gasteiger partial charge in [-0.2, -0.15) is 0 Å². The van der Waals surface area contributed by atoms with Gasteiger partial charge >= 0.3 is 5.97 Å².